The van der Waals surface area contributed by atoms with E-state index in [-0.39, 0.29) is 11.8 Å². The van der Waals surface area contributed by atoms with Crippen LogP contribution in [0.4, 0.5) is 0 Å². The summed E-state index contributed by atoms with van der Waals surface area (Å²) in [5.41, 5.74) is 2.81. The molecule has 0 saturated heterocycles. The molecule has 6 rings (SSSR count). The molecule has 4 aromatic rings. The number of carbonyl (C=O) groups excluding carboxylic acids is 2. The van der Waals surface area contributed by atoms with Gasteiger partial charge in [-0.25, -0.2) is 19.9 Å². The molecule has 42 heavy (non-hydrogen) atoms. The third kappa shape index (κ3) is 7.09. The lowest BCUT2D eigenvalue weighted by molar-refractivity contribution is -0.119. The van der Waals surface area contributed by atoms with Gasteiger partial charge >= 0.3 is 0 Å². The van der Waals surface area contributed by atoms with Crippen molar-refractivity contribution in [3.05, 3.63) is 33.5 Å². The van der Waals surface area contributed by atoms with Gasteiger partial charge in [0, 0.05) is 33.6 Å². The van der Waals surface area contributed by atoms with Gasteiger partial charge in [0.15, 0.2) is 0 Å². The van der Waals surface area contributed by atoms with Crippen LogP contribution in [0, 0.1) is 0 Å². The van der Waals surface area contributed by atoms with Crippen molar-refractivity contribution in [2.24, 2.45) is 0 Å². The van der Waals surface area contributed by atoms with E-state index in [9.17, 15) is 9.59 Å². The van der Waals surface area contributed by atoms with E-state index < -0.39 is 0 Å². The first-order valence-corrected chi connectivity index (χ1v) is 18.6. The smallest absolute Gasteiger partial charge is 0.230 e. The van der Waals surface area contributed by atoms with Crippen LogP contribution < -0.4 is 10.6 Å². The molecule has 0 bridgehead atoms. The van der Waals surface area contributed by atoms with Gasteiger partial charge in [-0.1, -0.05) is 36.4 Å². The minimum Gasteiger partial charge on any atom is -0.355 e. The summed E-state index contributed by atoms with van der Waals surface area (Å²) in [5, 5.41) is 10.3. The van der Waals surface area contributed by atoms with E-state index in [1.165, 1.54) is 80.9 Å². The van der Waals surface area contributed by atoms with Gasteiger partial charge in [-0.3, -0.25) is 9.59 Å². The highest BCUT2D eigenvalue weighted by Crippen LogP contribution is 2.40. The molecule has 222 valence electrons. The molecule has 2 amide bonds. The zero-order chi connectivity index (χ0) is 28.7. The first-order chi connectivity index (χ1) is 20.7. The maximum atomic E-state index is 12.5. The second-order valence-electron chi connectivity index (χ2n) is 10.8. The summed E-state index contributed by atoms with van der Waals surface area (Å²) >= 11 is 6.61. The normalized spacial score (nSPS) is 14.6. The molecule has 4 heterocycles. The standard InChI is InChI=1S/C30H36N6O2S4/c37-23(15-39-27-25-19-9-3-5-11-21(19)41-29(25)35-17-33-27)31-13-7-1-2-8-14-32-24(38)16-40-28-26-20-10-4-6-12-22(20)42-30(26)36-18-34-28/h17-18H,1-16H2,(H,31,37)(H,32,38). The van der Waals surface area contributed by atoms with Crippen LogP contribution in [0.2, 0.25) is 0 Å². The molecule has 12 heteroatoms. The van der Waals surface area contributed by atoms with Gasteiger partial charge in [-0.15, -0.1) is 22.7 Å². The molecular formula is C30H36N6O2S4. The number of aryl methyl sites for hydroxylation is 4. The molecule has 0 radical (unpaired) electrons. The van der Waals surface area contributed by atoms with Crippen molar-refractivity contribution in [3.8, 4) is 0 Å². The van der Waals surface area contributed by atoms with Crippen LogP contribution >= 0.6 is 46.2 Å². The number of thioether (sulfide) groups is 2. The average molecular weight is 641 g/mol. The van der Waals surface area contributed by atoms with Crippen molar-refractivity contribution in [1.29, 1.82) is 0 Å². The molecule has 0 atom stereocenters. The number of aromatic nitrogens is 4. The molecule has 0 aromatic carbocycles. The molecule has 0 saturated carbocycles. The van der Waals surface area contributed by atoms with Crippen LogP contribution in [0.25, 0.3) is 20.4 Å². The van der Waals surface area contributed by atoms with Crippen LogP contribution in [0.3, 0.4) is 0 Å². The Morgan fingerprint density at radius 2 is 1.10 bits per heavy atom. The molecule has 2 N–H and O–H groups in total. The quantitative estimate of drug-likeness (QED) is 0.102. The van der Waals surface area contributed by atoms with E-state index in [4.69, 9.17) is 0 Å². The first kappa shape index (κ1) is 29.8. The van der Waals surface area contributed by atoms with Crippen molar-refractivity contribution in [2.45, 2.75) is 87.1 Å². The summed E-state index contributed by atoms with van der Waals surface area (Å²) in [7, 11) is 0. The first-order valence-electron chi connectivity index (χ1n) is 15.0. The van der Waals surface area contributed by atoms with Crippen LogP contribution in [-0.4, -0.2) is 56.3 Å². The minimum absolute atomic E-state index is 0.0459. The Bertz CT molecular complexity index is 1450. The Morgan fingerprint density at radius 3 is 1.57 bits per heavy atom. The topological polar surface area (TPSA) is 110 Å². The Balaban J connectivity index is 0.841. The Morgan fingerprint density at radius 1 is 0.643 bits per heavy atom. The molecule has 8 nitrogen and oxygen atoms in total. The van der Waals surface area contributed by atoms with Crippen molar-refractivity contribution >= 4 is 78.4 Å². The summed E-state index contributed by atoms with van der Waals surface area (Å²) in [6.45, 7) is 1.35. The molecule has 2 aliphatic rings. The monoisotopic (exact) mass is 640 g/mol. The van der Waals surface area contributed by atoms with E-state index in [1.54, 1.807) is 35.3 Å². The van der Waals surface area contributed by atoms with Crippen molar-refractivity contribution in [3.63, 3.8) is 0 Å². The summed E-state index contributed by atoms with van der Waals surface area (Å²) in [6.07, 6.45) is 16.5. The lowest BCUT2D eigenvalue weighted by atomic mass is 9.97. The van der Waals surface area contributed by atoms with Gasteiger partial charge in [0.05, 0.1) is 11.5 Å². The van der Waals surface area contributed by atoms with Gasteiger partial charge in [-0.2, -0.15) is 0 Å². The summed E-state index contributed by atoms with van der Waals surface area (Å²) in [6, 6.07) is 0. The van der Waals surface area contributed by atoms with E-state index in [0.29, 0.717) is 24.6 Å². The summed E-state index contributed by atoms with van der Waals surface area (Å²) in [5.74, 6) is 0.834. The number of rotatable bonds is 13. The zero-order valence-electron chi connectivity index (χ0n) is 23.7. The van der Waals surface area contributed by atoms with E-state index >= 15 is 0 Å². The predicted octanol–water partition coefficient (Wildman–Crippen LogP) is 6.13. The largest absolute Gasteiger partial charge is 0.355 e. The Kier molecular flexibility index (Phi) is 10.3. The van der Waals surface area contributed by atoms with Crippen molar-refractivity contribution in [1.82, 2.24) is 30.6 Å². The number of hydrogen-bond acceptors (Lipinski definition) is 10. The number of amides is 2. The number of nitrogens with one attached hydrogen (secondary N) is 2. The highest BCUT2D eigenvalue weighted by molar-refractivity contribution is 8.00. The number of thiophene rings is 2. The van der Waals surface area contributed by atoms with Gasteiger partial charge in [0.25, 0.3) is 0 Å². The molecule has 0 fully saturated rings. The number of hydrogen-bond donors (Lipinski definition) is 2. The van der Waals surface area contributed by atoms with E-state index in [2.05, 4.69) is 30.6 Å². The third-order valence-corrected chi connectivity index (χ3v) is 12.2. The molecule has 2 aliphatic carbocycles. The van der Waals surface area contributed by atoms with Gasteiger partial charge in [0.2, 0.25) is 11.8 Å². The number of carbonyl (C=O) groups is 2. The van der Waals surface area contributed by atoms with Gasteiger partial charge < -0.3 is 10.6 Å². The fourth-order valence-corrected chi connectivity index (χ4v) is 10.1. The predicted molar refractivity (Wildman–Crippen MR) is 174 cm³/mol. The molecule has 4 aromatic heterocycles. The summed E-state index contributed by atoms with van der Waals surface area (Å²) < 4.78 is 0. The maximum Gasteiger partial charge on any atom is 0.230 e. The number of nitrogens with zero attached hydrogens (tertiary/aromatic N) is 4. The number of unbranched alkanes of at least 4 members (excludes halogenated alkanes) is 3. The van der Waals surface area contributed by atoms with Crippen LogP contribution in [-0.2, 0) is 35.3 Å². The zero-order valence-corrected chi connectivity index (χ0v) is 27.0. The van der Waals surface area contributed by atoms with Crippen LogP contribution in [0.15, 0.2) is 22.7 Å². The molecule has 0 unspecified atom stereocenters. The minimum atomic E-state index is 0.0459. The summed E-state index contributed by atoms with van der Waals surface area (Å²) in [4.78, 5) is 47.9. The highest BCUT2D eigenvalue weighted by atomic mass is 32.2. The van der Waals surface area contributed by atoms with Crippen molar-refractivity contribution < 1.29 is 9.59 Å². The molecular weight excluding hydrogens is 605 g/mol. The second kappa shape index (κ2) is 14.5. The lowest BCUT2D eigenvalue weighted by Crippen LogP contribution is -2.27. The fraction of sp³-hybridized carbons (Fsp3) is 0.533. The molecule has 0 spiro atoms. The van der Waals surface area contributed by atoms with Gasteiger partial charge in [-0.05, 0) is 75.3 Å². The highest BCUT2D eigenvalue weighted by Gasteiger charge is 2.21. The number of fused-ring (bicyclic) bond motifs is 6. The average Bonchev–Trinajstić information content (AvgIpc) is 3.59. The molecule has 0 aliphatic heterocycles. The van der Waals surface area contributed by atoms with Gasteiger partial charge in [0.1, 0.15) is 32.4 Å². The lowest BCUT2D eigenvalue weighted by Gasteiger charge is -2.11. The fourth-order valence-electron chi connectivity index (χ4n) is 5.77. The van der Waals surface area contributed by atoms with Crippen LogP contribution in [0.1, 0.15) is 72.2 Å². The van der Waals surface area contributed by atoms with E-state index in [0.717, 1.165) is 71.1 Å². The van der Waals surface area contributed by atoms with Crippen molar-refractivity contribution in [2.75, 3.05) is 24.6 Å². The van der Waals surface area contributed by atoms with E-state index in [1.807, 2.05) is 0 Å². The maximum absolute atomic E-state index is 12.5. The Hall–Kier alpha value is -2.28. The Labute approximate surface area is 262 Å². The van der Waals surface area contributed by atoms with Crippen LogP contribution in [0.5, 0.6) is 0 Å². The second-order valence-corrected chi connectivity index (χ2v) is 14.9. The third-order valence-electron chi connectivity index (χ3n) is 7.86. The SMILES string of the molecule is O=C(CSc1ncnc2sc3c(c12)CCCC3)NCCCCCCNC(=O)CSc1ncnc2sc3c(c12)CCCC3.